The van der Waals surface area contributed by atoms with Gasteiger partial charge in [0.2, 0.25) is 5.91 Å². The van der Waals surface area contributed by atoms with Crippen LogP contribution >= 0.6 is 0 Å². The molecule has 3 nitrogen and oxygen atoms in total. The molecule has 1 aromatic carbocycles. The molecule has 0 bridgehead atoms. The summed E-state index contributed by atoms with van der Waals surface area (Å²) in [6.45, 7) is 4.13. The van der Waals surface area contributed by atoms with Crippen LogP contribution in [0, 0.1) is 6.92 Å². The number of hydrogen-bond donors (Lipinski definition) is 1. The van der Waals surface area contributed by atoms with Gasteiger partial charge in [0.05, 0.1) is 6.10 Å². The number of hydrogen-bond acceptors (Lipinski definition) is 2. The van der Waals surface area contributed by atoms with E-state index in [1.807, 2.05) is 25.1 Å². The third-order valence-corrected chi connectivity index (χ3v) is 2.67. The number of carbonyl (C=O) groups excluding carboxylic acids is 1. The topological polar surface area (TPSA) is 40.5 Å². The number of amides is 1. The molecule has 1 N–H and O–H groups in total. The highest BCUT2D eigenvalue weighted by atomic mass is 16.3. The quantitative estimate of drug-likeness (QED) is 0.845. The number of rotatable bonds is 5. The van der Waals surface area contributed by atoms with Crippen LogP contribution in [0.5, 0.6) is 0 Å². The van der Waals surface area contributed by atoms with Crippen molar-refractivity contribution < 1.29 is 9.90 Å². The van der Waals surface area contributed by atoms with Gasteiger partial charge in [-0.2, -0.15) is 0 Å². The van der Waals surface area contributed by atoms with E-state index < -0.39 is 6.10 Å². The summed E-state index contributed by atoms with van der Waals surface area (Å²) in [5.41, 5.74) is 2.40. The van der Waals surface area contributed by atoms with E-state index in [0.29, 0.717) is 13.0 Å². The highest BCUT2D eigenvalue weighted by Crippen LogP contribution is 2.07. The van der Waals surface area contributed by atoms with Crippen molar-refractivity contribution in [3.05, 3.63) is 35.4 Å². The second kappa shape index (κ2) is 6.40. The van der Waals surface area contributed by atoms with Gasteiger partial charge in [0.1, 0.15) is 0 Å². The van der Waals surface area contributed by atoms with E-state index in [2.05, 4.69) is 6.07 Å². The normalized spacial score (nSPS) is 12.2. The van der Waals surface area contributed by atoms with E-state index in [-0.39, 0.29) is 5.91 Å². The maximum Gasteiger partial charge on any atom is 0.222 e. The molecule has 1 aromatic rings. The molecule has 1 amide bonds. The molecular formula is C14H21NO2. The summed E-state index contributed by atoms with van der Waals surface area (Å²) in [5, 5.41) is 9.20. The van der Waals surface area contributed by atoms with Crippen LogP contribution in [0.2, 0.25) is 0 Å². The molecule has 0 fully saturated rings. The van der Waals surface area contributed by atoms with Crippen LogP contribution < -0.4 is 0 Å². The van der Waals surface area contributed by atoms with Crippen LogP contribution in [0.4, 0.5) is 0 Å². The molecule has 0 spiro atoms. The molecule has 17 heavy (non-hydrogen) atoms. The Bertz CT molecular complexity index is 374. The van der Waals surface area contributed by atoms with Gasteiger partial charge in [-0.15, -0.1) is 0 Å². The van der Waals surface area contributed by atoms with Gasteiger partial charge >= 0.3 is 0 Å². The average Bonchev–Trinajstić information content (AvgIpc) is 2.25. The highest BCUT2D eigenvalue weighted by molar-refractivity contribution is 5.76. The van der Waals surface area contributed by atoms with Crippen LogP contribution in [0.25, 0.3) is 0 Å². The maximum absolute atomic E-state index is 11.8. The number of aryl methyl sites for hydroxylation is 2. The average molecular weight is 235 g/mol. The van der Waals surface area contributed by atoms with Gasteiger partial charge in [-0.3, -0.25) is 4.79 Å². The lowest BCUT2D eigenvalue weighted by Crippen LogP contribution is -2.33. The van der Waals surface area contributed by atoms with Gasteiger partial charge in [0.25, 0.3) is 0 Å². The smallest absolute Gasteiger partial charge is 0.222 e. The van der Waals surface area contributed by atoms with Crippen molar-refractivity contribution in [1.29, 1.82) is 0 Å². The maximum atomic E-state index is 11.8. The van der Waals surface area contributed by atoms with Crippen molar-refractivity contribution in [1.82, 2.24) is 4.90 Å². The van der Waals surface area contributed by atoms with Gasteiger partial charge in [-0.1, -0.05) is 29.8 Å². The number of aliphatic hydroxyl groups is 1. The van der Waals surface area contributed by atoms with E-state index in [0.717, 1.165) is 6.42 Å². The first-order valence-corrected chi connectivity index (χ1v) is 5.96. The van der Waals surface area contributed by atoms with Crippen molar-refractivity contribution in [3.63, 3.8) is 0 Å². The lowest BCUT2D eigenvalue weighted by atomic mass is 10.1. The predicted molar refractivity (Wildman–Crippen MR) is 68.8 cm³/mol. The summed E-state index contributed by atoms with van der Waals surface area (Å²) < 4.78 is 0. The summed E-state index contributed by atoms with van der Waals surface area (Å²) >= 11 is 0. The van der Waals surface area contributed by atoms with E-state index in [4.69, 9.17) is 0 Å². The third kappa shape index (κ3) is 5.00. The Morgan fingerprint density at radius 3 is 2.76 bits per heavy atom. The van der Waals surface area contributed by atoms with Crippen molar-refractivity contribution in [2.45, 2.75) is 32.8 Å². The highest BCUT2D eigenvalue weighted by Gasteiger charge is 2.10. The van der Waals surface area contributed by atoms with Crippen molar-refractivity contribution in [3.8, 4) is 0 Å². The van der Waals surface area contributed by atoms with Gasteiger partial charge in [0.15, 0.2) is 0 Å². The molecule has 0 aliphatic heterocycles. The Morgan fingerprint density at radius 2 is 2.18 bits per heavy atom. The van der Waals surface area contributed by atoms with Crippen LogP contribution in [0.1, 0.15) is 24.5 Å². The Labute approximate surface area is 103 Å². The summed E-state index contributed by atoms with van der Waals surface area (Å²) in [6, 6.07) is 8.19. The van der Waals surface area contributed by atoms with Crippen LogP contribution in [-0.4, -0.2) is 35.6 Å². The zero-order valence-corrected chi connectivity index (χ0v) is 10.8. The van der Waals surface area contributed by atoms with Crippen molar-refractivity contribution in [2.24, 2.45) is 0 Å². The molecule has 3 heteroatoms. The zero-order chi connectivity index (χ0) is 12.8. The molecule has 94 valence electrons. The van der Waals surface area contributed by atoms with Gasteiger partial charge < -0.3 is 10.0 Å². The Morgan fingerprint density at radius 1 is 1.47 bits per heavy atom. The van der Waals surface area contributed by atoms with Crippen LogP contribution in [0.15, 0.2) is 24.3 Å². The fraction of sp³-hybridized carbons (Fsp3) is 0.500. The molecule has 0 saturated carbocycles. The molecule has 0 heterocycles. The minimum Gasteiger partial charge on any atom is -0.392 e. The SMILES string of the molecule is Cc1cccc(CCC(=O)N(C)CC(C)O)c1. The van der Waals surface area contributed by atoms with Crippen molar-refractivity contribution in [2.75, 3.05) is 13.6 Å². The molecule has 0 aliphatic carbocycles. The first-order chi connectivity index (χ1) is 7.99. The summed E-state index contributed by atoms with van der Waals surface area (Å²) in [4.78, 5) is 13.3. The van der Waals surface area contributed by atoms with Gasteiger partial charge in [-0.25, -0.2) is 0 Å². The van der Waals surface area contributed by atoms with Gasteiger partial charge in [0, 0.05) is 20.0 Å². The van der Waals surface area contributed by atoms with Crippen LogP contribution in [0.3, 0.4) is 0 Å². The molecular weight excluding hydrogens is 214 g/mol. The van der Waals surface area contributed by atoms with E-state index in [1.165, 1.54) is 11.1 Å². The second-order valence-corrected chi connectivity index (χ2v) is 4.61. The van der Waals surface area contributed by atoms with E-state index in [9.17, 15) is 9.90 Å². The molecule has 1 atom stereocenters. The lowest BCUT2D eigenvalue weighted by molar-refractivity contribution is -0.131. The fourth-order valence-electron chi connectivity index (χ4n) is 1.81. The number of benzene rings is 1. The van der Waals surface area contributed by atoms with E-state index >= 15 is 0 Å². The largest absolute Gasteiger partial charge is 0.392 e. The van der Waals surface area contributed by atoms with Gasteiger partial charge in [-0.05, 0) is 25.8 Å². The summed E-state index contributed by atoms with van der Waals surface area (Å²) in [5.74, 6) is 0.0763. The predicted octanol–water partition coefficient (Wildman–Crippen LogP) is 1.77. The third-order valence-electron chi connectivity index (χ3n) is 2.67. The number of aliphatic hydroxyl groups excluding tert-OH is 1. The Hall–Kier alpha value is -1.35. The van der Waals surface area contributed by atoms with E-state index in [1.54, 1.807) is 18.9 Å². The summed E-state index contributed by atoms with van der Waals surface area (Å²) in [6.07, 6.45) is 0.778. The zero-order valence-electron chi connectivity index (χ0n) is 10.8. The second-order valence-electron chi connectivity index (χ2n) is 4.61. The molecule has 0 radical (unpaired) electrons. The fourth-order valence-corrected chi connectivity index (χ4v) is 1.81. The Balaban J connectivity index is 2.43. The molecule has 1 unspecified atom stereocenters. The first kappa shape index (κ1) is 13.7. The first-order valence-electron chi connectivity index (χ1n) is 5.96. The number of likely N-dealkylation sites (N-methyl/N-ethyl adjacent to an activating group) is 1. The monoisotopic (exact) mass is 235 g/mol. The minimum absolute atomic E-state index is 0.0763. The molecule has 0 aromatic heterocycles. The molecule has 0 aliphatic rings. The minimum atomic E-state index is -0.470. The van der Waals surface area contributed by atoms with Crippen molar-refractivity contribution >= 4 is 5.91 Å². The van der Waals surface area contributed by atoms with Crippen LogP contribution in [-0.2, 0) is 11.2 Å². The summed E-state index contributed by atoms with van der Waals surface area (Å²) in [7, 11) is 1.73. The number of nitrogens with zero attached hydrogens (tertiary/aromatic N) is 1. The molecule has 1 rings (SSSR count). The molecule has 0 saturated heterocycles. The standard InChI is InChI=1S/C14H21NO2/c1-11-5-4-6-13(9-11)7-8-14(17)15(3)10-12(2)16/h4-6,9,12,16H,7-8,10H2,1-3H3. The number of carbonyl (C=O) groups is 1. The Kier molecular flexibility index (Phi) is 5.16. The lowest BCUT2D eigenvalue weighted by Gasteiger charge is -2.18.